The zero-order valence-corrected chi connectivity index (χ0v) is 11.2. The highest BCUT2D eigenvalue weighted by molar-refractivity contribution is 6.68. The SMILES string of the molecule is C[C@@]12OC(=O)[C@@](Cl)(C[C@@H]1c1ccccc1)N=C2Cl. The van der Waals surface area contributed by atoms with Crippen molar-refractivity contribution in [3.63, 3.8) is 0 Å². The third-order valence-corrected chi connectivity index (χ3v) is 4.50. The van der Waals surface area contributed by atoms with Crippen LogP contribution in [0.1, 0.15) is 24.8 Å². The average molecular weight is 284 g/mol. The minimum absolute atomic E-state index is 0.0705. The van der Waals surface area contributed by atoms with Crippen LogP contribution in [0.5, 0.6) is 0 Å². The van der Waals surface area contributed by atoms with Crippen molar-refractivity contribution in [2.24, 2.45) is 4.99 Å². The molecule has 0 spiro atoms. The van der Waals surface area contributed by atoms with Gasteiger partial charge in [-0.1, -0.05) is 53.5 Å². The van der Waals surface area contributed by atoms with Gasteiger partial charge in [-0.3, -0.25) is 0 Å². The quantitative estimate of drug-likeness (QED) is 0.451. The van der Waals surface area contributed by atoms with Gasteiger partial charge in [-0.2, -0.15) is 0 Å². The lowest BCUT2D eigenvalue weighted by Crippen LogP contribution is -2.60. The topological polar surface area (TPSA) is 38.7 Å². The van der Waals surface area contributed by atoms with Crippen molar-refractivity contribution in [3.05, 3.63) is 35.9 Å². The highest BCUT2D eigenvalue weighted by Crippen LogP contribution is 2.51. The lowest BCUT2D eigenvalue weighted by atomic mass is 9.75. The first-order valence-electron chi connectivity index (χ1n) is 5.69. The summed E-state index contributed by atoms with van der Waals surface area (Å²) in [7, 11) is 0. The molecule has 1 aromatic rings. The summed E-state index contributed by atoms with van der Waals surface area (Å²) in [5.41, 5.74) is 0.141. The van der Waals surface area contributed by atoms with Gasteiger partial charge in [0, 0.05) is 12.3 Å². The summed E-state index contributed by atoms with van der Waals surface area (Å²) in [6.07, 6.45) is 0.407. The van der Waals surface area contributed by atoms with E-state index < -0.39 is 16.6 Å². The summed E-state index contributed by atoms with van der Waals surface area (Å²) in [6.45, 7) is 1.78. The second kappa shape index (κ2) is 3.72. The number of fused-ring (bicyclic) bond motifs is 2. The van der Waals surface area contributed by atoms with Crippen LogP contribution in [0.25, 0.3) is 0 Å². The van der Waals surface area contributed by atoms with Crippen LogP contribution in [0.4, 0.5) is 0 Å². The third kappa shape index (κ3) is 1.50. The number of nitrogens with zero attached hydrogens (tertiary/aromatic N) is 1. The second-order valence-electron chi connectivity index (χ2n) is 4.83. The van der Waals surface area contributed by atoms with E-state index in [4.69, 9.17) is 27.9 Å². The number of carbonyl (C=O) groups excluding carboxylic acids is 1. The van der Waals surface area contributed by atoms with Crippen LogP contribution in [-0.4, -0.2) is 21.7 Å². The molecule has 0 aliphatic carbocycles. The molecule has 1 aromatic carbocycles. The molecule has 3 heterocycles. The van der Waals surface area contributed by atoms with Gasteiger partial charge >= 0.3 is 5.97 Å². The van der Waals surface area contributed by atoms with Crippen molar-refractivity contribution < 1.29 is 9.53 Å². The molecule has 5 heteroatoms. The molecule has 0 unspecified atom stereocenters. The number of esters is 1. The normalized spacial score (nSPS) is 38.3. The number of hydrogen-bond donors (Lipinski definition) is 0. The van der Waals surface area contributed by atoms with Crippen molar-refractivity contribution in [1.29, 1.82) is 0 Å². The average Bonchev–Trinajstić information content (AvgIpc) is 2.34. The molecule has 0 N–H and O–H groups in total. The number of halogens is 2. The van der Waals surface area contributed by atoms with Crippen molar-refractivity contribution >= 4 is 34.3 Å². The zero-order chi connectivity index (χ0) is 13.0. The van der Waals surface area contributed by atoms with Crippen LogP contribution in [0.3, 0.4) is 0 Å². The van der Waals surface area contributed by atoms with Crippen LogP contribution >= 0.6 is 23.2 Å². The Bertz CT molecular complexity index is 545. The summed E-state index contributed by atoms with van der Waals surface area (Å²) in [4.78, 5) is 14.5. The van der Waals surface area contributed by atoms with Crippen LogP contribution < -0.4 is 0 Å². The summed E-state index contributed by atoms with van der Waals surface area (Å²) >= 11 is 12.3. The predicted octanol–water partition coefficient (Wildman–Crippen LogP) is 3.06. The number of benzene rings is 1. The van der Waals surface area contributed by atoms with E-state index in [2.05, 4.69) is 4.99 Å². The molecule has 0 amide bonds. The number of alkyl halides is 1. The predicted molar refractivity (Wildman–Crippen MR) is 70.2 cm³/mol. The molecule has 3 aliphatic rings. The molecule has 1 saturated heterocycles. The van der Waals surface area contributed by atoms with E-state index in [-0.39, 0.29) is 11.1 Å². The fourth-order valence-corrected chi connectivity index (χ4v) is 3.19. The number of carbonyl (C=O) groups is 1. The Kier molecular flexibility index (Phi) is 2.48. The molecule has 0 aromatic heterocycles. The van der Waals surface area contributed by atoms with Gasteiger partial charge in [0.2, 0.25) is 5.00 Å². The van der Waals surface area contributed by atoms with Gasteiger partial charge in [-0.25, -0.2) is 9.79 Å². The first-order chi connectivity index (χ1) is 8.46. The van der Waals surface area contributed by atoms with Gasteiger partial charge in [-0.05, 0) is 12.5 Å². The Hall–Kier alpha value is -1.06. The fraction of sp³-hybridized carbons (Fsp3) is 0.385. The monoisotopic (exact) mass is 283 g/mol. The maximum absolute atomic E-state index is 11.8. The van der Waals surface area contributed by atoms with E-state index in [1.54, 1.807) is 6.92 Å². The summed E-state index contributed by atoms with van der Waals surface area (Å²) in [6, 6.07) is 9.78. The summed E-state index contributed by atoms with van der Waals surface area (Å²) in [5, 5.41) is 0.261. The largest absolute Gasteiger partial charge is 0.448 e. The Morgan fingerprint density at radius 1 is 1.39 bits per heavy atom. The van der Waals surface area contributed by atoms with Crippen molar-refractivity contribution in [1.82, 2.24) is 0 Å². The molecule has 2 bridgehead atoms. The number of ether oxygens (including phenoxy) is 1. The molecule has 94 valence electrons. The first kappa shape index (κ1) is 12.0. The van der Waals surface area contributed by atoms with E-state index >= 15 is 0 Å². The first-order valence-corrected chi connectivity index (χ1v) is 6.44. The van der Waals surface area contributed by atoms with Gasteiger partial charge in [0.1, 0.15) is 5.17 Å². The number of aliphatic imine (C=N–C) groups is 1. The smallest absolute Gasteiger partial charge is 0.350 e. The molecule has 0 saturated carbocycles. The molecule has 3 aliphatic heterocycles. The molecule has 18 heavy (non-hydrogen) atoms. The van der Waals surface area contributed by atoms with Gasteiger partial charge in [0.25, 0.3) is 0 Å². The summed E-state index contributed by atoms with van der Waals surface area (Å²) in [5.74, 6) is -0.581. The van der Waals surface area contributed by atoms with E-state index in [0.29, 0.717) is 6.42 Å². The minimum atomic E-state index is -1.37. The Labute approximate surface area is 115 Å². The van der Waals surface area contributed by atoms with Gasteiger partial charge in [0.05, 0.1) is 0 Å². The van der Waals surface area contributed by atoms with Gasteiger partial charge in [-0.15, -0.1) is 0 Å². The van der Waals surface area contributed by atoms with Gasteiger partial charge < -0.3 is 4.74 Å². The van der Waals surface area contributed by atoms with Crippen LogP contribution in [0, 0.1) is 0 Å². The molecular weight excluding hydrogens is 273 g/mol. The van der Waals surface area contributed by atoms with Crippen molar-refractivity contribution in [2.45, 2.75) is 29.9 Å². The third-order valence-electron chi connectivity index (χ3n) is 3.64. The Balaban J connectivity index is 2.11. The number of hydrogen-bond acceptors (Lipinski definition) is 3. The van der Waals surface area contributed by atoms with E-state index in [0.717, 1.165) is 5.56 Å². The molecule has 4 rings (SSSR count). The molecule has 3 atom stereocenters. The zero-order valence-electron chi connectivity index (χ0n) is 9.69. The highest BCUT2D eigenvalue weighted by atomic mass is 35.5. The molecule has 3 nitrogen and oxygen atoms in total. The van der Waals surface area contributed by atoms with E-state index in [1.807, 2.05) is 30.3 Å². The minimum Gasteiger partial charge on any atom is -0.448 e. The summed E-state index contributed by atoms with van der Waals surface area (Å²) < 4.78 is 5.42. The molecule has 1 fully saturated rings. The Morgan fingerprint density at radius 3 is 2.72 bits per heavy atom. The van der Waals surface area contributed by atoms with Crippen LogP contribution in [-0.2, 0) is 9.53 Å². The number of rotatable bonds is 1. The maximum Gasteiger partial charge on any atom is 0.350 e. The standard InChI is InChI=1S/C13H11Cl2NO2/c1-12-9(8-5-3-2-4-6-8)7-13(15,11(17)18-12)16-10(12)14/h2-6,9H,7H2,1H3/t9-,12-,13-/m1/s1. The lowest BCUT2D eigenvalue weighted by Gasteiger charge is -2.48. The van der Waals surface area contributed by atoms with Crippen molar-refractivity contribution in [3.8, 4) is 0 Å². The van der Waals surface area contributed by atoms with Crippen LogP contribution in [0.2, 0.25) is 0 Å². The Morgan fingerprint density at radius 2 is 2.06 bits per heavy atom. The van der Waals surface area contributed by atoms with Gasteiger partial charge in [0.15, 0.2) is 5.60 Å². The molecular formula is C13H11Cl2NO2. The van der Waals surface area contributed by atoms with E-state index in [9.17, 15) is 4.79 Å². The van der Waals surface area contributed by atoms with Crippen LogP contribution in [0.15, 0.2) is 35.3 Å². The lowest BCUT2D eigenvalue weighted by molar-refractivity contribution is -0.166. The van der Waals surface area contributed by atoms with Crippen molar-refractivity contribution in [2.75, 3.05) is 0 Å². The fourth-order valence-electron chi connectivity index (χ4n) is 2.56. The maximum atomic E-state index is 11.8. The second-order valence-corrected chi connectivity index (χ2v) is 5.81. The van der Waals surface area contributed by atoms with E-state index in [1.165, 1.54) is 0 Å². The highest BCUT2D eigenvalue weighted by Gasteiger charge is 2.61. The molecule has 0 radical (unpaired) electrons.